The molecule has 1 aromatic rings. The summed E-state index contributed by atoms with van der Waals surface area (Å²) in [4.78, 5) is 17.9. The molecule has 0 amide bonds. The van der Waals surface area contributed by atoms with E-state index in [0.29, 0.717) is 6.54 Å². The van der Waals surface area contributed by atoms with Gasteiger partial charge in [-0.2, -0.15) is 0 Å². The van der Waals surface area contributed by atoms with Gasteiger partial charge in [0.2, 0.25) is 0 Å². The second kappa shape index (κ2) is 11.9. The number of halogens is 2. The van der Waals surface area contributed by atoms with Gasteiger partial charge in [0.1, 0.15) is 0 Å². The lowest BCUT2D eigenvalue weighted by molar-refractivity contribution is -0.148. The number of rotatable bonds is 7. The van der Waals surface area contributed by atoms with E-state index in [-0.39, 0.29) is 36.5 Å². The monoisotopic (exact) mass is 428 g/mol. The number of ketones is 1. The van der Waals surface area contributed by atoms with E-state index in [2.05, 4.69) is 16.4 Å². The molecule has 3 rings (SSSR count). The largest absolute Gasteiger partial charge is 0.377 e. The predicted octanol–water partition coefficient (Wildman–Crippen LogP) is 3.67. The molecule has 1 N–H and O–H groups in total. The predicted molar refractivity (Wildman–Crippen MR) is 119 cm³/mol. The summed E-state index contributed by atoms with van der Waals surface area (Å²) in [5, 5.41) is 11.6. The molecule has 4 nitrogen and oxygen atoms in total. The molecule has 2 aliphatic rings. The topological polar surface area (TPSA) is 43.8 Å². The molecule has 6 heteroatoms. The number of Topliss-reactive ketones (excluding diaryl/α,β-unsaturated/α-hetero) is 1. The highest BCUT2D eigenvalue weighted by Crippen LogP contribution is 2.40. The minimum atomic E-state index is -1.35. The van der Waals surface area contributed by atoms with Gasteiger partial charge in [-0.1, -0.05) is 55.7 Å². The highest BCUT2D eigenvalue weighted by Gasteiger charge is 2.45. The molecule has 0 bridgehead atoms. The molecule has 2 fully saturated rings. The lowest BCUT2D eigenvalue weighted by atomic mass is 9.71. The Labute approximate surface area is 181 Å². The third-order valence-electron chi connectivity index (χ3n) is 6.05. The maximum Gasteiger partial charge on any atom is 0.183 e. The molecular weight excluding hydrogens is 395 g/mol. The Bertz CT molecular complexity index is 600. The molecule has 0 spiro atoms. The fourth-order valence-electron chi connectivity index (χ4n) is 4.47. The maximum absolute atomic E-state index is 13.3. The van der Waals surface area contributed by atoms with Crippen molar-refractivity contribution in [3.8, 4) is 0 Å². The molecule has 1 aromatic carbocycles. The van der Waals surface area contributed by atoms with Crippen LogP contribution in [0, 0.1) is 5.92 Å². The number of carbonyl (C=O) groups excluding carboxylic acids is 1. The van der Waals surface area contributed by atoms with E-state index in [1.165, 1.54) is 6.42 Å². The lowest BCUT2D eigenvalue weighted by Crippen LogP contribution is -2.53. The van der Waals surface area contributed by atoms with Crippen molar-refractivity contribution in [2.24, 2.45) is 5.92 Å². The Morgan fingerprint density at radius 2 is 1.61 bits per heavy atom. The van der Waals surface area contributed by atoms with Gasteiger partial charge >= 0.3 is 0 Å². The Hall–Kier alpha value is -0.910. The molecule has 1 aliphatic heterocycles. The molecule has 1 aliphatic carbocycles. The first-order chi connectivity index (χ1) is 12.6. The smallest absolute Gasteiger partial charge is 0.183 e. The van der Waals surface area contributed by atoms with Gasteiger partial charge in [0, 0.05) is 32.7 Å². The van der Waals surface area contributed by atoms with E-state index in [0.717, 1.165) is 64.0 Å². The molecule has 1 atom stereocenters. The number of benzene rings is 1. The van der Waals surface area contributed by atoms with Crippen LogP contribution in [0.3, 0.4) is 0 Å². The first-order valence-corrected chi connectivity index (χ1v) is 10.0. The van der Waals surface area contributed by atoms with Crippen LogP contribution in [0.1, 0.15) is 37.7 Å². The van der Waals surface area contributed by atoms with Gasteiger partial charge in [0.25, 0.3) is 0 Å². The third kappa shape index (κ3) is 5.80. The average Bonchev–Trinajstić information content (AvgIpc) is 2.70. The van der Waals surface area contributed by atoms with Gasteiger partial charge in [-0.3, -0.25) is 14.6 Å². The normalized spacial score (nSPS) is 21.0. The van der Waals surface area contributed by atoms with Crippen LogP contribution >= 0.6 is 24.8 Å². The number of nitrogens with zero attached hydrogens (tertiary/aromatic N) is 2. The minimum Gasteiger partial charge on any atom is -0.377 e. The quantitative estimate of drug-likeness (QED) is 0.672. The van der Waals surface area contributed by atoms with Crippen LogP contribution in [0.4, 0.5) is 0 Å². The van der Waals surface area contributed by atoms with Crippen molar-refractivity contribution in [2.75, 3.05) is 39.3 Å². The SMILES string of the molecule is C=CCN1CCN(CC(=O)C(O)(c2ccccc2)C2CCCCC2)CC1.Cl.Cl. The fourth-order valence-corrected chi connectivity index (χ4v) is 4.47. The summed E-state index contributed by atoms with van der Waals surface area (Å²) in [7, 11) is 0. The molecule has 0 aromatic heterocycles. The summed E-state index contributed by atoms with van der Waals surface area (Å²) in [6.07, 6.45) is 7.22. The Morgan fingerprint density at radius 3 is 2.18 bits per heavy atom. The number of hydrogen-bond acceptors (Lipinski definition) is 4. The molecule has 1 heterocycles. The van der Waals surface area contributed by atoms with Crippen molar-refractivity contribution >= 4 is 30.6 Å². The zero-order valence-electron chi connectivity index (χ0n) is 16.6. The van der Waals surface area contributed by atoms with Crippen molar-refractivity contribution in [2.45, 2.75) is 37.7 Å². The Kier molecular flexibility index (Phi) is 10.7. The summed E-state index contributed by atoms with van der Waals surface area (Å²) in [6.45, 7) is 8.68. The number of piperazine rings is 1. The molecule has 1 saturated heterocycles. The van der Waals surface area contributed by atoms with Crippen LogP contribution in [-0.2, 0) is 10.4 Å². The van der Waals surface area contributed by atoms with Crippen molar-refractivity contribution in [1.82, 2.24) is 9.80 Å². The molecule has 0 radical (unpaired) electrons. The van der Waals surface area contributed by atoms with Crippen LogP contribution in [0.15, 0.2) is 43.0 Å². The minimum absolute atomic E-state index is 0. The van der Waals surface area contributed by atoms with Crippen molar-refractivity contribution < 1.29 is 9.90 Å². The second-order valence-electron chi connectivity index (χ2n) is 7.76. The molecule has 28 heavy (non-hydrogen) atoms. The van der Waals surface area contributed by atoms with E-state index in [1.807, 2.05) is 36.4 Å². The van der Waals surface area contributed by atoms with Crippen LogP contribution in [0.2, 0.25) is 0 Å². The fraction of sp³-hybridized carbons (Fsp3) is 0.591. The van der Waals surface area contributed by atoms with Crippen molar-refractivity contribution in [3.05, 3.63) is 48.6 Å². The van der Waals surface area contributed by atoms with Gasteiger partial charge in [0.05, 0.1) is 6.54 Å². The Morgan fingerprint density at radius 1 is 1.04 bits per heavy atom. The Balaban J connectivity index is 0.00000196. The first kappa shape index (κ1) is 25.1. The van der Waals surface area contributed by atoms with Crippen LogP contribution in [0.5, 0.6) is 0 Å². The van der Waals surface area contributed by atoms with Crippen molar-refractivity contribution in [1.29, 1.82) is 0 Å². The number of hydrogen-bond donors (Lipinski definition) is 1. The molecule has 1 saturated carbocycles. The average molecular weight is 429 g/mol. The number of carbonyl (C=O) groups is 1. The molecule has 1 unspecified atom stereocenters. The van der Waals surface area contributed by atoms with Crippen LogP contribution in [0.25, 0.3) is 0 Å². The summed E-state index contributed by atoms with van der Waals surface area (Å²) >= 11 is 0. The highest BCUT2D eigenvalue weighted by atomic mass is 35.5. The second-order valence-corrected chi connectivity index (χ2v) is 7.76. The lowest BCUT2D eigenvalue weighted by Gasteiger charge is -2.40. The molecular formula is C22H34Cl2N2O2. The number of aliphatic hydroxyl groups is 1. The van der Waals surface area contributed by atoms with Gasteiger partial charge in [-0.25, -0.2) is 0 Å². The van der Waals surface area contributed by atoms with Gasteiger partial charge in [-0.05, 0) is 24.3 Å². The maximum atomic E-state index is 13.3. The van der Waals surface area contributed by atoms with Crippen LogP contribution < -0.4 is 0 Å². The molecule has 158 valence electrons. The third-order valence-corrected chi connectivity index (χ3v) is 6.05. The highest BCUT2D eigenvalue weighted by molar-refractivity contribution is 5.90. The summed E-state index contributed by atoms with van der Waals surface area (Å²) in [6, 6.07) is 9.60. The first-order valence-electron chi connectivity index (χ1n) is 10.0. The zero-order chi connectivity index (χ0) is 18.4. The summed E-state index contributed by atoms with van der Waals surface area (Å²) < 4.78 is 0. The zero-order valence-corrected chi connectivity index (χ0v) is 18.2. The van der Waals surface area contributed by atoms with E-state index < -0.39 is 5.60 Å². The van der Waals surface area contributed by atoms with E-state index >= 15 is 0 Å². The van der Waals surface area contributed by atoms with Crippen molar-refractivity contribution in [3.63, 3.8) is 0 Å². The summed E-state index contributed by atoms with van der Waals surface area (Å²) in [5.74, 6) is 0.000903. The summed E-state index contributed by atoms with van der Waals surface area (Å²) in [5.41, 5.74) is -0.581. The van der Waals surface area contributed by atoms with E-state index in [9.17, 15) is 9.90 Å². The van der Waals surface area contributed by atoms with E-state index in [4.69, 9.17) is 0 Å². The standard InChI is InChI=1S/C22H32N2O2.2ClH/c1-2-13-23-14-16-24(17-15-23)18-21(25)22(26,19-9-5-3-6-10-19)20-11-7-4-8-12-20;;/h2-3,5-6,9-10,20,26H,1,4,7-8,11-18H2;2*1H. The van der Waals surface area contributed by atoms with Crippen LogP contribution in [-0.4, -0.2) is 60.0 Å². The van der Waals surface area contributed by atoms with Gasteiger partial charge in [0.15, 0.2) is 11.4 Å². The van der Waals surface area contributed by atoms with Gasteiger partial charge < -0.3 is 5.11 Å². The van der Waals surface area contributed by atoms with Gasteiger partial charge in [-0.15, -0.1) is 31.4 Å². The van der Waals surface area contributed by atoms with E-state index in [1.54, 1.807) is 0 Å².